The predicted molar refractivity (Wildman–Crippen MR) is 103 cm³/mol. The van der Waals surface area contributed by atoms with Gasteiger partial charge in [0, 0.05) is 0 Å². The first-order chi connectivity index (χ1) is 14.4. The number of halogens is 3. The number of para-hydroxylation sites is 2. The topological polar surface area (TPSA) is 104 Å². The van der Waals surface area contributed by atoms with Gasteiger partial charge < -0.3 is 10.1 Å². The molecular weight excluding hydrogens is 403 g/mol. The molecule has 0 saturated carbocycles. The molecule has 0 fully saturated rings. The number of anilines is 1. The van der Waals surface area contributed by atoms with Crippen LogP contribution in [0, 0.1) is 5.82 Å². The molecular formula is C19H16F3N5O3. The lowest BCUT2D eigenvalue weighted by molar-refractivity contribution is -0.123. The van der Waals surface area contributed by atoms with Crippen molar-refractivity contribution in [2.45, 2.75) is 19.1 Å². The lowest BCUT2D eigenvalue weighted by Gasteiger charge is -2.12. The van der Waals surface area contributed by atoms with Gasteiger partial charge in [0.2, 0.25) is 11.9 Å². The minimum absolute atomic E-state index is 0.0394. The molecule has 3 rings (SSSR count). The van der Waals surface area contributed by atoms with E-state index in [2.05, 4.69) is 30.9 Å². The first kappa shape index (κ1) is 20.8. The van der Waals surface area contributed by atoms with Gasteiger partial charge >= 0.3 is 6.61 Å². The Morgan fingerprint density at radius 1 is 1.23 bits per heavy atom. The van der Waals surface area contributed by atoms with Gasteiger partial charge in [0.15, 0.2) is 0 Å². The van der Waals surface area contributed by atoms with Crippen molar-refractivity contribution in [1.82, 2.24) is 10.7 Å². The smallest absolute Gasteiger partial charge is 0.387 e. The summed E-state index contributed by atoms with van der Waals surface area (Å²) in [6.07, 6.45) is 1.08. The second-order valence-electron chi connectivity index (χ2n) is 6.03. The van der Waals surface area contributed by atoms with E-state index in [0.29, 0.717) is 5.56 Å². The van der Waals surface area contributed by atoms with E-state index in [-0.39, 0.29) is 29.6 Å². The van der Waals surface area contributed by atoms with E-state index in [1.165, 1.54) is 54.7 Å². The molecule has 1 aliphatic heterocycles. The highest BCUT2D eigenvalue weighted by Crippen LogP contribution is 2.25. The van der Waals surface area contributed by atoms with E-state index in [9.17, 15) is 22.8 Å². The van der Waals surface area contributed by atoms with E-state index in [4.69, 9.17) is 0 Å². The van der Waals surface area contributed by atoms with Gasteiger partial charge in [0.05, 0.1) is 18.3 Å². The second-order valence-corrected chi connectivity index (χ2v) is 6.03. The number of amides is 2. The van der Waals surface area contributed by atoms with Crippen molar-refractivity contribution in [3.05, 3.63) is 59.9 Å². The number of aliphatic imine (C=N–C) groups is 1. The molecule has 0 spiro atoms. The molecule has 0 aliphatic carbocycles. The molecule has 0 aromatic heterocycles. The van der Waals surface area contributed by atoms with Crippen LogP contribution in [0.25, 0.3) is 0 Å². The Hall–Kier alpha value is -3.89. The van der Waals surface area contributed by atoms with Crippen molar-refractivity contribution >= 4 is 29.7 Å². The number of hydrogen-bond donors (Lipinski definition) is 3. The number of guanidine groups is 1. The normalized spacial score (nSPS) is 15.8. The highest BCUT2D eigenvalue weighted by molar-refractivity contribution is 6.07. The summed E-state index contributed by atoms with van der Waals surface area (Å²) in [7, 11) is 0. The Kier molecular flexibility index (Phi) is 6.63. The van der Waals surface area contributed by atoms with E-state index < -0.39 is 24.5 Å². The van der Waals surface area contributed by atoms with Crippen molar-refractivity contribution in [2.24, 2.45) is 10.1 Å². The molecule has 0 radical (unpaired) electrons. The number of hydrazone groups is 1. The van der Waals surface area contributed by atoms with Crippen LogP contribution in [0.2, 0.25) is 0 Å². The Labute approximate surface area is 168 Å². The van der Waals surface area contributed by atoms with Crippen LogP contribution < -0.4 is 20.8 Å². The number of benzene rings is 2. The van der Waals surface area contributed by atoms with Crippen LogP contribution in [-0.4, -0.2) is 36.6 Å². The van der Waals surface area contributed by atoms with E-state index in [1.807, 2.05) is 0 Å². The minimum atomic E-state index is -3.04. The third kappa shape index (κ3) is 5.80. The lowest BCUT2D eigenvalue weighted by Crippen LogP contribution is -2.35. The summed E-state index contributed by atoms with van der Waals surface area (Å²) in [6, 6.07) is 10.2. The molecule has 0 saturated heterocycles. The first-order valence-corrected chi connectivity index (χ1v) is 8.67. The number of rotatable bonds is 7. The van der Waals surface area contributed by atoms with Crippen LogP contribution in [0.1, 0.15) is 12.0 Å². The van der Waals surface area contributed by atoms with E-state index in [0.717, 1.165) is 0 Å². The third-order valence-corrected chi connectivity index (χ3v) is 3.84. The quantitative estimate of drug-likeness (QED) is 0.473. The molecule has 8 nitrogen and oxygen atoms in total. The van der Waals surface area contributed by atoms with Gasteiger partial charge in [-0.05, 0) is 29.8 Å². The average Bonchev–Trinajstić information content (AvgIpc) is 3.03. The largest absolute Gasteiger partial charge is 0.433 e. The maximum atomic E-state index is 12.9. The Bertz CT molecular complexity index is 980. The lowest BCUT2D eigenvalue weighted by atomic mass is 10.2. The van der Waals surface area contributed by atoms with Gasteiger partial charge in [-0.2, -0.15) is 13.9 Å². The fourth-order valence-corrected chi connectivity index (χ4v) is 2.50. The molecule has 0 unspecified atom stereocenters. The summed E-state index contributed by atoms with van der Waals surface area (Å²) in [4.78, 5) is 28.2. The molecule has 11 heteroatoms. The molecule has 30 heavy (non-hydrogen) atoms. The molecule has 2 aromatic rings. The minimum Gasteiger partial charge on any atom is -0.433 e. The Morgan fingerprint density at radius 2 is 1.97 bits per heavy atom. The van der Waals surface area contributed by atoms with Gasteiger partial charge in [0.1, 0.15) is 17.6 Å². The van der Waals surface area contributed by atoms with Crippen molar-refractivity contribution in [2.75, 3.05) is 5.32 Å². The number of carbonyl (C=O) groups is 2. The van der Waals surface area contributed by atoms with E-state index >= 15 is 0 Å². The first-order valence-electron chi connectivity index (χ1n) is 8.67. The zero-order valence-corrected chi connectivity index (χ0v) is 15.3. The van der Waals surface area contributed by atoms with Crippen molar-refractivity contribution in [1.29, 1.82) is 0 Å². The number of hydrogen-bond acceptors (Lipinski definition) is 6. The fourth-order valence-electron chi connectivity index (χ4n) is 2.50. The van der Waals surface area contributed by atoms with Crippen LogP contribution >= 0.6 is 0 Å². The standard InChI is InChI=1S/C19H16F3N5O3/c20-12-7-5-11(6-8-12)10-23-27-19-25-14(17(29)26-19)9-16(28)24-13-3-1-2-4-15(13)30-18(21)22/h1-8,10,14,18H,9H2,(H,24,28)(H2,25,26,27,29)/b23-10-/t14-/m0/s1. The summed E-state index contributed by atoms with van der Waals surface area (Å²) in [5, 5.41) is 8.73. The Morgan fingerprint density at radius 3 is 2.70 bits per heavy atom. The van der Waals surface area contributed by atoms with Crippen LogP contribution in [0.3, 0.4) is 0 Å². The number of ether oxygens (including phenoxy) is 1. The van der Waals surface area contributed by atoms with Gasteiger partial charge in [-0.1, -0.05) is 24.3 Å². The monoisotopic (exact) mass is 419 g/mol. The predicted octanol–water partition coefficient (Wildman–Crippen LogP) is 2.23. The number of nitrogens with zero attached hydrogens (tertiary/aromatic N) is 2. The maximum absolute atomic E-state index is 12.9. The number of alkyl halides is 2. The van der Waals surface area contributed by atoms with Crippen molar-refractivity contribution in [3.8, 4) is 5.75 Å². The molecule has 3 N–H and O–H groups in total. The highest BCUT2D eigenvalue weighted by atomic mass is 19.3. The summed E-state index contributed by atoms with van der Waals surface area (Å²) in [5.41, 5.74) is 3.19. The molecule has 2 amide bonds. The van der Waals surface area contributed by atoms with Crippen LogP contribution in [0.4, 0.5) is 18.9 Å². The zero-order valence-electron chi connectivity index (χ0n) is 15.3. The van der Waals surface area contributed by atoms with Crippen molar-refractivity contribution in [3.63, 3.8) is 0 Å². The van der Waals surface area contributed by atoms with Crippen LogP contribution in [-0.2, 0) is 9.59 Å². The van der Waals surface area contributed by atoms with Crippen molar-refractivity contribution < 1.29 is 27.5 Å². The summed E-state index contributed by atoms with van der Waals surface area (Å²) >= 11 is 0. The van der Waals surface area contributed by atoms with Crippen LogP contribution in [0.5, 0.6) is 5.75 Å². The fraction of sp³-hybridized carbons (Fsp3) is 0.158. The van der Waals surface area contributed by atoms with Gasteiger partial charge in [0.25, 0.3) is 5.91 Å². The maximum Gasteiger partial charge on any atom is 0.387 e. The third-order valence-electron chi connectivity index (χ3n) is 3.84. The molecule has 1 heterocycles. The SMILES string of the molecule is O=C(C[C@@H]1N=C(N/N=C\c2ccc(F)cc2)NC1=O)Nc1ccccc1OC(F)F. The molecule has 2 aromatic carbocycles. The molecule has 1 atom stereocenters. The van der Waals surface area contributed by atoms with Gasteiger partial charge in [-0.25, -0.2) is 14.8 Å². The Balaban J connectivity index is 1.56. The molecule has 0 bridgehead atoms. The average molecular weight is 419 g/mol. The summed E-state index contributed by atoms with van der Waals surface area (Å²) in [5.74, 6) is -1.67. The summed E-state index contributed by atoms with van der Waals surface area (Å²) in [6.45, 7) is -3.04. The highest BCUT2D eigenvalue weighted by Gasteiger charge is 2.28. The molecule has 1 aliphatic rings. The molecule has 156 valence electrons. The summed E-state index contributed by atoms with van der Waals surface area (Å²) < 4.78 is 42.1. The van der Waals surface area contributed by atoms with Crippen LogP contribution in [0.15, 0.2) is 58.6 Å². The number of nitrogens with one attached hydrogen (secondary N) is 3. The van der Waals surface area contributed by atoms with E-state index in [1.54, 1.807) is 0 Å². The second kappa shape index (κ2) is 9.54. The zero-order chi connectivity index (χ0) is 21.5. The van der Waals surface area contributed by atoms with Gasteiger partial charge in [-0.3, -0.25) is 14.9 Å². The number of carbonyl (C=O) groups excluding carboxylic acids is 2. The van der Waals surface area contributed by atoms with Gasteiger partial charge in [-0.15, -0.1) is 0 Å².